The number of hydrogen-bond acceptors (Lipinski definition) is 2. The van der Waals surface area contributed by atoms with Crippen molar-refractivity contribution in [2.45, 2.75) is 25.3 Å². The third-order valence-electron chi connectivity index (χ3n) is 3.33. The van der Waals surface area contributed by atoms with Crippen LogP contribution in [0.2, 0.25) is 5.02 Å². The number of amides is 2. The monoisotopic (exact) mass is 300 g/mol. The number of halogens is 2. The molecule has 5 nitrogen and oxygen atoms in total. The Morgan fingerprint density at radius 2 is 2.10 bits per heavy atom. The molecule has 0 saturated heterocycles. The number of aliphatic carboxylic acids is 1. The van der Waals surface area contributed by atoms with Crippen LogP contribution in [0.4, 0.5) is 14.9 Å². The van der Waals surface area contributed by atoms with E-state index in [1.807, 2.05) is 0 Å². The molecule has 1 aliphatic carbocycles. The predicted molar refractivity (Wildman–Crippen MR) is 72.3 cm³/mol. The first kappa shape index (κ1) is 14.6. The third kappa shape index (κ3) is 3.39. The minimum absolute atomic E-state index is 0.0907. The Bertz CT molecular complexity index is 538. The van der Waals surface area contributed by atoms with Crippen molar-refractivity contribution in [3.8, 4) is 0 Å². The highest BCUT2D eigenvalue weighted by Gasteiger charge is 2.33. The molecule has 2 rings (SSSR count). The number of rotatable bonds is 3. The van der Waals surface area contributed by atoms with E-state index in [4.69, 9.17) is 16.7 Å². The molecular formula is C13H14ClFN2O3. The molecule has 0 radical (unpaired) electrons. The van der Waals surface area contributed by atoms with Gasteiger partial charge in [-0.25, -0.2) is 9.18 Å². The Hall–Kier alpha value is -1.82. The molecule has 2 atom stereocenters. The first-order valence-electron chi connectivity index (χ1n) is 6.23. The summed E-state index contributed by atoms with van der Waals surface area (Å²) in [5.41, 5.74) is 0.346. The van der Waals surface area contributed by atoms with Gasteiger partial charge in [0.25, 0.3) is 0 Å². The van der Waals surface area contributed by atoms with E-state index in [2.05, 4.69) is 10.6 Å². The number of nitrogens with one attached hydrogen (secondary N) is 2. The van der Waals surface area contributed by atoms with Gasteiger partial charge in [-0.2, -0.15) is 0 Å². The zero-order valence-corrected chi connectivity index (χ0v) is 11.3. The van der Waals surface area contributed by atoms with Gasteiger partial charge in [0, 0.05) is 11.7 Å². The Balaban J connectivity index is 1.95. The summed E-state index contributed by atoms with van der Waals surface area (Å²) in [5, 5.41) is 14.1. The minimum atomic E-state index is -0.905. The van der Waals surface area contributed by atoms with E-state index in [0.29, 0.717) is 18.5 Å². The molecule has 0 aliphatic heterocycles. The van der Waals surface area contributed by atoms with Crippen LogP contribution in [0.3, 0.4) is 0 Å². The molecule has 0 heterocycles. The van der Waals surface area contributed by atoms with Crippen molar-refractivity contribution in [2.24, 2.45) is 5.92 Å². The molecule has 3 N–H and O–H groups in total. The van der Waals surface area contributed by atoms with E-state index < -0.39 is 23.7 Å². The van der Waals surface area contributed by atoms with E-state index >= 15 is 0 Å². The first-order chi connectivity index (χ1) is 9.47. The molecule has 2 unspecified atom stereocenters. The number of urea groups is 1. The lowest BCUT2D eigenvalue weighted by Crippen LogP contribution is -2.42. The molecule has 2 amide bonds. The van der Waals surface area contributed by atoms with Gasteiger partial charge in [-0.05, 0) is 31.0 Å². The number of hydrogen-bond donors (Lipinski definition) is 3. The largest absolute Gasteiger partial charge is 0.481 e. The number of carboxylic acid groups (broad SMARTS) is 1. The smallest absolute Gasteiger partial charge is 0.319 e. The second kappa shape index (κ2) is 6.09. The highest BCUT2D eigenvalue weighted by atomic mass is 35.5. The maximum Gasteiger partial charge on any atom is 0.319 e. The summed E-state index contributed by atoms with van der Waals surface area (Å²) in [5.74, 6) is -2.03. The molecule has 7 heteroatoms. The first-order valence-corrected chi connectivity index (χ1v) is 6.60. The number of anilines is 1. The summed E-state index contributed by atoms with van der Waals surface area (Å²) < 4.78 is 13.0. The maximum atomic E-state index is 13.0. The van der Waals surface area contributed by atoms with Gasteiger partial charge < -0.3 is 15.7 Å². The average molecular weight is 301 g/mol. The summed E-state index contributed by atoms with van der Waals surface area (Å²) >= 11 is 5.61. The molecule has 1 aliphatic rings. The molecule has 0 spiro atoms. The van der Waals surface area contributed by atoms with Gasteiger partial charge in [0.2, 0.25) is 0 Å². The fourth-order valence-corrected chi connectivity index (χ4v) is 2.52. The topological polar surface area (TPSA) is 78.4 Å². The van der Waals surface area contributed by atoms with E-state index in [9.17, 15) is 14.0 Å². The lowest BCUT2D eigenvalue weighted by molar-refractivity contribution is -0.142. The quantitative estimate of drug-likeness (QED) is 0.803. The van der Waals surface area contributed by atoms with Gasteiger partial charge in [0.05, 0.1) is 10.9 Å². The summed E-state index contributed by atoms with van der Waals surface area (Å²) in [6.07, 6.45) is 1.96. The van der Waals surface area contributed by atoms with Crippen molar-refractivity contribution in [3.63, 3.8) is 0 Å². The van der Waals surface area contributed by atoms with Gasteiger partial charge in [-0.3, -0.25) is 4.79 Å². The normalized spacial score (nSPS) is 21.5. The van der Waals surface area contributed by atoms with Crippen molar-refractivity contribution < 1.29 is 19.1 Å². The van der Waals surface area contributed by atoms with Crippen molar-refractivity contribution in [2.75, 3.05) is 5.32 Å². The van der Waals surface area contributed by atoms with Crippen molar-refractivity contribution in [1.29, 1.82) is 0 Å². The number of carboxylic acids is 1. The van der Waals surface area contributed by atoms with Gasteiger partial charge in [0.15, 0.2) is 0 Å². The van der Waals surface area contributed by atoms with Crippen molar-refractivity contribution in [1.82, 2.24) is 5.32 Å². The van der Waals surface area contributed by atoms with E-state index in [1.165, 1.54) is 12.1 Å². The molecule has 0 aromatic heterocycles. The zero-order chi connectivity index (χ0) is 14.7. The van der Waals surface area contributed by atoms with Crippen LogP contribution in [0.5, 0.6) is 0 Å². The fraction of sp³-hybridized carbons (Fsp3) is 0.385. The van der Waals surface area contributed by atoms with Gasteiger partial charge in [0.1, 0.15) is 5.82 Å². The Morgan fingerprint density at radius 1 is 1.35 bits per heavy atom. The molecule has 1 saturated carbocycles. The molecular weight excluding hydrogens is 287 g/mol. The van der Waals surface area contributed by atoms with E-state index in [-0.39, 0.29) is 11.1 Å². The molecule has 108 valence electrons. The molecule has 1 aromatic carbocycles. The Labute approximate surface area is 120 Å². The maximum absolute atomic E-state index is 13.0. The van der Waals surface area contributed by atoms with Crippen LogP contribution in [0.1, 0.15) is 19.3 Å². The van der Waals surface area contributed by atoms with Crippen LogP contribution in [-0.2, 0) is 4.79 Å². The fourth-order valence-electron chi connectivity index (χ4n) is 2.34. The van der Waals surface area contributed by atoms with Crippen LogP contribution in [0.15, 0.2) is 18.2 Å². The molecule has 20 heavy (non-hydrogen) atoms. The molecule has 1 aromatic rings. The SMILES string of the molecule is O=C(Nc1ccc(F)c(Cl)c1)NC1CCCC1C(=O)O. The summed E-state index contributed by atoms with van der Waals surface area (Å²) in [6.45, 7) is 0. The second-order valence-corrected chi connectivity index (χ2v) is 5.12. The van der Waals surface area contributed by atoms with Gasteiger partial charge >= 0.3 is 12.0 Å². The van der Waals surface area contributed by atoms with Crippen LogP contribution >= 0.6 is 11.6 Å². The summed E-state index contributed by atoms with van der Waals surface area (Å²) in [7, 11) is 0. The Kier molecular flexibility index (Phi) is 4.44. The van der Waals surface area contributed by atoms with Crippen LogP contribution in [-0.4, -0.2) is 23.1 Å². The number of benzene rings is 1. The Morgan fingerprint density at radius 3 is 2.75 bits per heavy atom. The van der Waals surface area contributed by atoms with E-state index in [1.54, 1.807) is 0 Å². The van der Waals surface area contributed by atoms with E-state index in [0.717, 1.165) is 12.5 Å². The number of carbonyl (C=O) groups is 2. The lowest BCUT2D eigenvalue weighted by atomic mass is 10.0. The zero-order valence-electron chi connectivity index (χ0n) is 10.5. The summed E-state index contributed by atoms with van der Waals surface area (Å²) in [6, 6.07) is 2.91. The van der Waals surface area contributed by atoms with Crippen LogP contribution in [0, 0.1) is 11.7 Å². The standard InChI is InChI=1S/C13H14ClFN2O3/c14-9-6-7(4-5-10(9)15)16-13(20)17-11-3-1-2-8(11)12(18)19/h4-6,8,11H,1-3H2,(H,18,19)(H2,16,17,20). The highest BCUT2D eigenvalue weighted by molar-refractivity contribution is 6.31. The predicted octanol–water partition coefficient (Wildman–Crippen LogP) is 2.85. The lowest BCUT2D eigenvalue weighted by Gasteiger charge is -2.18. The third-order valence-corrected chi connectivity index (χ3v) is 3.62. The van der Waals surface area contributed by atoms with Gasteiger partial charge in [-0.1, -0.05) is 18.0 Å². The second-order valence-electron chi connectivity index (χ2n) is 4.71. The minimum Gasteiger partial charge on any atom is -0.481 e. The molecule has 0 bridgehead atoms. The summed E-state index contributed by atoms with van der Waals surface area (Å²) in [4.78, 5) is 22.8. The van der Waals surface area contributed by atoms with Gasteiger partial charge in [-0.15, -0.1) is 0 Å². The highest BCUT2D eigenvalue weighted by Crippen LogP contribution is 2.26. The van der Waals surface area contributed by atoms with Crippen LogP contribution in [0.25, 0.3) is 0 Å². The van der Waals surface area contributed by atoms with Crippen molar-refractivity contribution >= 4 is 29.3 Å². The molecule has 1 fully saturated rings. The average Bonchev–Trinajstić information content (AvgIpc) is 2.82. The number of carbonyl (C=O) groups excluding carboxylic acids is 1. The van der Waals surface area contributed by atoms with Crippen molar-refractivity contribution in [3.05, 3.63) is 29.0 Å². The van der Waals surface area contributed by atoms with Crippen LogP contribution < -0.4 is 10.6 Å².